The highest BCUT2D eigenvalue weighted by Crippen LogP contribution is 2.28. The van der Waals surface area contributed by atoms with E-state index in [0.717, 1.165) is 22.2 Å². The fourth-order valence-electron chi connectivity index (χ4n) is 2.92. The van der Waals surface area contributed by atoms with Crippen LogP contribution in [-0.4, -0.2) is 28.0 Å². The van der Waals surface area contributed by atoms with Crippen LogP contribution >= 0.6 is 0 Å². The molecule has 2 N–H and O–H groups in total. The molecule has 1 aliphatic rings. The molecule has 2 aromatic rings. The van der Waals surface area contributed by atoms with Gasteiger partial charge in [0, 0.05) is 22.7 Å². The van der Waals surface area contributed by atoms with Crippen LogP contribution < -0.4 is 5.32 Å². The first kappa shape index (κ1) is 14.5. The van der Waals surface area contributed by atoms with Gasteiger partial charge in [-0.25, -0.2) is 0 Å². The number of rotatable bonds is 3. The molecule has 0 spiro atoms. The fourth-order valence-corrected chi connectivity index (χ4v) is 2.92. The molecule has 1 heterocycles. The van der Waals surface area contributed by atoms with Gasteiger partial charge in [-0.2, -0.15) is 0 Å². The number of aliphatic carboxylic acids is 1. The summed E-state index contributed by atoms with van der Waals surface area (Å²) in [5.74, 6) is -1.28. The van der Waals surface area contributed by atoms with Gasteiger partial charge in [0.2, 0.25) is 0 Å². The van der Waals surface area contributed by atoms with Gasteiger partial charge < -0.3 is 10.4 Å². The van der Waals surface area contributed by atoms with Crippen LogP contribution in [0, 0.1) is 19.8 Å². The van der Waals surface area contributed by atoms with Gasteiger partial charge in [-0.1, -0.05) is 6.07 Å². The molecule has 1 aliphatic carbocycles. The van der Waals surface area contributed by atoms with E-state index in [-0.39, 0.29) is 17.9 Å². The van der Waals surface area contributed by atoms with Crippen LogP contribution in [0.1, 0.15) is 34.5 Å². The molecule has 0 bridgehead atoms. The van der Waals surface area contributed by atoms with Crippen molar-refractivity contribution in [2.24, 2.45) is 5.92 Å². The lowest BCUT2D eigenvalue weighted by molar-refractivity contribution is -0.145. The van der Waals surface area contributed by atoms with Gasteiger partial charge in [0.05, 0.1) is 11.4 Å². The van der Waals surface area contributed by atoms with Crippen molar-refractivity contribution in [1.82, 2.24) is 10.3 Å². The van der Waals surface area contributed by atoms with Crippen molar-refractivity contribution in [2.75, 3.05) is 0 Å². The second kappa shape index (κ2) is 5.40. The number of amides is 1. The quantitative estimate of drug-likeness (QED) is 0.912. The van der Waals surface area contributed by atoms with Gasteiger partial charge in [-0.15, -0.1) is 0 Å². The number of carboxylic acid groups (broad SMARTS) is 1. The predicted octanol–water partition coefficient (Wildman–Crippen LogP) is 2.44. The van der Waals surface area contributed by atoms with Crippen LogP contribution in [-0.2, 0) is 4.79 Å². The molecule has 0 atom stereocenters. The second-order valence-electron chi connectivity index (χ2n) is 5.99. The van der Waals surface area contributed by atoms with E-state index >= 15 is 0 Å². The van der Waals surface area contributed by atoms with Crippen LogP contribution in [0.25, 0.3) is 10.9 Å². The highest BCUT2D eigenvalue weighted by Gasteiger charge is 2.35. The van der Waals surface area contributed by atoms with Gasteiger partial charge in [-0.3, -0.25) is 14.6 Å². The fraction of sp³-hybridized carbons (Fsp3) is 0.353. The number of carboxylic acids is 1. The zero-order chi connectivity index (χ0) is 15.9. The van der Waals surface area contributed by atoms with Crippen LogP contribution in [0.5, 0.6) is 0 Å². The average molecular weight is 298 g/mol. The first-order chi connectivity index (χ1) is 10.4. The van der Waals surface area contributed by atoms with Gasteiger partial charge in [-0.05, 0) is 50.5 Å². The van der Waals surface area contributed by atoms with E-state index in [1.807, 2.05) is 26.0 Å². The number of nitrogens with one attached hydrogen (secondary N) is 1. The van der Waals surface area contributed by atoms with Gasteiger partial charge in [0.15, 0.2) is 0 Å². The Morgan fingerprint density at radius 3 is 2.64 bits per heavy atom. The van der Waals surface area contributed by atoms with Crippen molar-refractivity contribution < 1.29 is 14.7 Å². The van der Waals surface area contributed by atoms with Crippen LogP contribution in [0.15, 0.2) is 24.3 Å². The summed E-state index contributed by atoms with van der Waals surface area (Å²) in [6.45, 7) is 3.96. The molecule has 1 amide bonds. The van der Waals surface area contributed by atoms with E-state index in [2.05, 4.69) is 10.3 Å². The molecular weight excluding hydrogens is 280 g/mol. The highest BCUT2D eigenvalue weighted by molar-refractivity contribution is 5.98. The number of carbonyl (C=O) groups is 2. The zero-order valence-electron chi connectivity index (χ0n) is 12.6. The Morgan fingerprint density at radius 2 is 1.95 bits per heavy atom. The molecule has 1 aromatic carbocycles. The number of hydrogen-bond donors (Lipinski definition) is 2. The molecule has 0 saturated heterocycles. The smallest absolute Gasteiger partial charge is 0.306 e. The maximum absolute atomic E-state index is 12.3. The number of carbonyl (C=O) groups excluding carboxylic acids is 1. The summed E-state index contributed by atoms with van der Waals surface area (Å²) in [5.41, 5.74) is 3.43. The summed E-state index contributed by atoms with van der Waals surface area (Å²) in [5, 5.41) is 12.8. The van der Waals surface area contributed by atoms with Crippen LogP contribution in [0.4, 0.5) is 0 Å². The highest BCUT2D eigenvalue weighted by atomic mass is 16.4. The molecule has 1 aromatic heterocycles. The van der Waals surface area contributed by atoms with E-state index in [9.17, 15) is 9.59 Å². The van der Waals surface area contributed by atoms with E-state index in [1.54, 1.807) is 12.1 Å². The third-order valence-corrected chi connectivity index (χ3v) is 4.23. The molecule has 0 unspecified atom stereocenters. The molecule has 1 saturated carbocycles. The lowest BCUT2D eigenvalue weighted by Crippen LogP contribution is -2.46. The zero-order valence-corrected chi connectivity index (χ0v) is 12.6. The lowest BCUT2D eigenvalue weighted by Gasteiger charge is -2.32. The average Bonchev–Trinajstić information content (AvgIpc) is 2.40. The van der Waals surface area contributed by atoms with Crippen LogP contribution in [0.3, 0.4) is 0 Å². The lowest BCUT2D eigenvalue weighted by atomic mass is 9.80. The standard InChI is InChI=1S/C17H18N2O3/c1-9-5-10(2)18-15-8-11(3-4-14(9)15)16(20)19-13-6-12(7-13)17(21)22/h3-5,8,12-13H,6-7H2,1-2H3,(H,19,20)(H,21,22). The normalized spacial score (nSPS) is 20.5. The number of fused-ring (bicyclic) bond motifs is 1. The summed E-state index contributed by atoms with van der Waals surface area (Å²) in [6, 6.07) is 7.46. The molecule has 5 nitrogen and oxygen atoms in total. The number of hydrogen-bond acceptors (Lipinski definition) is 3. The molecule has 5 heteroatoms. The minimum absolute atomic E-state index is 0.0449. The SMILES string of the molecule is Cc1cc(C)c2ccc(C(=O)NC3CC(C(=O)O)C3)cc2n1. The second-order valence-corrected chi connectivity index (χ2v) is 5.99. The largest absolute Gasteiger partial charge is 0.481 e. The number of benzene rings is 1. The van der Waals surface area contributed by atoms with Crippen molar-refractivity contribution in [3.8, 4) is 0 Å². The molecule has 0 aliphatic heterocycles. The van der Waals surface area contributed by atoms with Gasteiger partial charge in [0.25, 0.3) is 5.91 Å². The summed E-state index contributed by atoms with van der Waals surface area (Å²) in [6.07, 6.45) is 1.01. The number of nitrogens with zero attached hydrogens (tertiary/aromatic N) is 1. The minimum Gasteiger partial charge on any atom is -0.481 e. The number of aryl methyl sites for hydroxylation is 2. The van der Waals surface area contributed by atoms with E-state index in [4.69, 9.17) is 5.11 Å². The summed E-state index contributed by atoms with van der Waals surface area (Å²) in [4.78, 5) is 27.5. The molecule has 0 radical (unpaired) electrons. The van der Waals surface area contributed by atoms with Gasteiger partial charge >= 0.3 is 5.97 Å². The monoisotopic (exact) mass is 298 g/mol. The molecular formula is C17H18N2O3. The maximum Gasteiger partial charge on any atom is 0.306 e. The Bertz CT molecular complexity index is 764. The number of pyridine rings is 1. The molecule has 3 rings (SSSR count). The molecule has 114 valence electrons. The Labute approximate surface area is 128 Å². The van der Waals surface area contributed by atoms with Gasteiger partial charge in [0.1, 0.15) is 0 Å². The first-order valence-electron chi connectivity index (χ1n) is 7.35. The van der Waals surface area contributed by atoms with E-state index < -0.39 is 5.97 Å². The molecule has 22 heavy (non-hydrogen) atoms. The summed E-state index contributed by atoms with van der Waals surface area (Å²) < 4.78 is 0. The van der Waals surface area contributed by atoms with Crippen molar-refractivity contribution in [3.63, 3.8) is 0 Å². The van der Waals surface area contributed by atoms with E-state index in [1.165, 1.54) is 0 Å². The molecule has 1 fully saturated rings. The maximum atomic E-state index is 12.3. The van der Waals surface area contributed by atoms with Crippen molar-refractivity contribution in [3.05, 3.63) is 41.1 Å². The van der Waals surface area contributed by atoms with Crippen molar-refractivity contribution in [2.45, 2.75) is 32.7 Å². The Hall–Kier alpha value is -2.43. The minimum atomic E-state index is -0.786. The first-order valence-corrected chi connectivity index (χ1v) is 7.35. The Morgan fingerprint density at radius 1 is 1.23 bits per heavy atom. The predicted molar refractivity (Wildman–Crippen MR) is 82.8 cm³/mol. The van der Waals surface area contributed by atoms with Crippen molar-refractivity contribution >= 4 is 22.8 Å². The van der Waals surface area contributed by atoms with E-state index in [0.29, 0.717) is 18.4 Å². The Balaban J connectivity index is 1.76. The number of aromatic nitrogens is 1. The summed E-state index contributed by atoms with van der Waals surface area (Å²) in [7, 11) is 0. The third-order valence-electron chi connectivity index (χ3n) is 4.23. The topological polar surface area (TPSA) is 79.3 Å². The Kier molecular flexibility index (Phi) is 3.56. The van der Waals surface area contributed by atoms with Crippen LogP contribution in [0.2, 0.25) is 0 Å². The van der Waals surface area contributed by atoms with Crippen molar-refractivity contribution in [1.29, 1.82) is 0 Å². The third kappa shape index (κ3) is 2.66. The summed E-state index contributed by atoms with van der Waals surface area (Å²) >= 11 is 0.